The Morgan fingerprint density at radius 3 is 1.80 bits per heavy atom. The summed E-state index contributed by atoms with van der Waals surface area (Å²) in [6, 6.07) is 10.6. The Hall–Kier alpha value is -1.44. The van der Waals surface area contributed by atoms with Crippen LogP contribution in [-0.2, 0) is 16.0 Å². The molecule has 0 amide bonds. The second-order valence-electron chi connectivity index (χ2n) is 3.35. The van der Waals surface area contributed by atoms with Gasteiger partial charge in [-0.25, -0.2) is 0 Å². The van der Waals surface area contributed by atoms with Gasteiger partial charge in [0.1, 0.15) is 0 Å². The third kappa shape index (κ3) is 7.62. The minimum atomic E-state index is -0.380. The lowest BCUT2D eigenvalue weighted by atomic mass is 10.1. The molecule has 0 aliphatic carbocycles. The number of ketones is 2. The van der Waals surface area contributed by atoms with Crippen LogP contribution in [0.2, 0.25) is 0 Å². The van der Waals surface area contributed by atoms with Crippen molar-refractivity contribution in [3.05, 3.63) is 35.9 Å². The molecule has 1 aromatic carbocycles. The van der Waals surface area contributed by atoms with Crippen molar-refractivity contribution in [3.63, 3.8) is 0 Å². The average molecular weight is 206 g/mol. The summed E-state index contributed by atoms with van der Waals surface area (Å²) in [6.07, 6.45) is 2.45. The number of hydrogen-bond acceptors (Lipinski definition) is 2. The molecule has 0 aliphatic rings. The lowest BCUT2D eigenvalue weighted by molar-refractivity contribution is -0.134. The highest BCUT2D eigenvalue weighted by Gasteiger charge is 1.94. The van der Waals surface area contributed by atoms with Crippen LogP contribution in [0.25, 0.3) is 0 Å². The first kappa shape index (κ1) is 13.6. The zero-order chi connectivity index (χ0) is 11.7. The average Bonchev–Trinajstić information content (AvgIpc) is 2.20. The molecule has 0 saturated heterocycles. The first-order valence-electron chi connectivity index (χ1n) is 5.13. The molecule has 1 aromatic rings. The summed E-state index contributed by atoms with van der Waals surface area (Å²) in [6.45, 7) is 4.71. The molecule has 0 N–H and O–H groups in total. The smallest absolute Gasteiger partial charge is 0.195 e. The molecular weight excluding hydrogens is 188 g/mol. The van der Waals surface area contributed by atoms with Crippen molar-refractivity contribution in [3.8, 4) is 0 Å². The first-order valence-corrected chi connectivity index (χ1v) is 5.13. The minimum absolute atomic E-state index is 0.380. The molecule has 0 bridgehead atoms. The molecule has 0 radical (unpaired) electrons. The quantitative estimate of drug-likeness (QED) is 0.713. The fourth-order valence-corrected chi connectivity index (χ4v) is 0.933. The van der Waals surface area contributed by atoms with Gasteiger partial charge in [0, 0.05) is 13.8 Å². The van der Waals surface area contributed by atoms with E-state index in [9.17, 15) is 9.59 Å². The number of hydrogen-bond donors (Lipinski definition) is 0. The van der Waals surface area contributed by atoms with Gasteiger partial charge >= 0.3 is 0 Å². The van der Waals surface area contributed by atoms with Gasteiger partial charge < -0.3 is 0 Å². The van der Waals surface area contributed by atoms with Crippen molar-refractivity contribution in [2.24, 2.45) is 0 Å². The zero-order valence-corrected chi connectivity index (χ0v) is 9.62. The van der Waals surface area contributed by atoms with E-state index in [1.165, 1.54) is 32.3 Å². The first-order chi connectivity index (χ1) is 7.07. The van der Waals surface area contributed by atoms with E-state index in [1.54, 1.807) is 0 Å². The number of benzene rings is 1. The third-order valence-electron chi connectivity index (χ3n) is 1.88. The maximum atomic E-state index is 9.79. The molecule has 15 heavy (non-hydrogen) atoms. The van der Waals surface area contributed by atoms with Crippen molar-refractivity contribution >= 4 is 11.6 Å². The lowest BCUT2D eigenvalue weighted by Gasteiger charge is -1.93. The van der Waals surface area contributed by atoms with Crippen molar-refractivity contribution in [1.82, 2.24) is 0 Å². The SMILES string of the molecule is CC(=O)C(C)=O.CCCc1ccccc1. The van der Waals surface area contributed by atoms with Crippen LogP contribution >= 0.6 is 0 Å². The van der Waals surface area contributed by atoms with Crippen LogP contribution in [0.5, 0.6) is 0 Å². The maximum Gasteiger partial charge on any atom is 0.195 e. The zero-order valence-electron chi connectivity index (χ0n) is 9.62. The summed E-state index contributed by atoms with van der Waals surface area (Å²) in [5.41, 5.74) is 1.44. The van der Waals surface area contributed by atoms with Crippen LogP contribution in [0.4, 0.5) is 0 Å². The Bertz CT molecular complexity index is 290. The van der Waals surface area contributed by atoms with E-state index in [4.69, 9.17) is 0 Å². The summed E-state index contributed by atoms with van der Waals surface area (Å²) < 4.78 is 0. The fourth-order valence-electron chi connectivity index (χ4n) is 0.933. The second kappa shape index (κ2) is 7.92. The van der Waals surface area contributed by atoms with Crippen molar-refractivity contribution in [1.29, 1.82) is 0 Å². The van der Waals surface area contributed by atoms with Crippen molar-refractivity contribution < 1.29 is 9.59 Å². The van der Waals surface area contributed by atoms with Crippen LogP contribution in [0.3, 0.4) is 0 Å². The molecule has 1 rings (SSSR count). The van der Waals surface area contributed by atoms with Crippen LogP contribution < -0.4 is 0 Å². The monoisotopic (exact) mass is 206 g/mol. The predicted molar refractivity (Wildman–Crippen MR) is 61.8 cm³/mol. The summed E-state index contributed by atoms with van der Waals surface area (Å²) in [5.74, 6) is -0.759. The Morgan fingerprint density at radius 1 is 1.00 bits per heavy atom. The van der Waals surface area contributed by atoms with Crippen molar-refractivity contribution in [2.75, 3.05) is 0 Å². The summed E-state index contributed by atoms with van der Waals surface area (Å²) in [5, 5.41) is 0. The van der Waals surface area contributed by atoms with Gasteiger partial charge in [-0.05, 0) is 12.0 Å². The number of carbonyl (C=O) groups is 2. The van der Waals surface area contributed by atoms with E-state index in [0.29, 0.717) is 0 Å². The van der Waals surface area contributed by atoms with Gasteiger partial charge in [-0.15, -0.1) is 0 Å². The lowest BCUT2D eigenvalue weighted by Crippen LogP contribution is -2.01. The Labute approximate surface area is 91.3 Å². The Morgan fingerprint density at radius 2 is 1.47 bits per heavy atom. The Balaban J connectivity index is 0.000000288. The third-order valence-corrected chi connectivity index (χ3v) is 1.88. The highest BCUT2D eigenvalue weighted by Crippen LogP contribution is 2.00. The molecule has 0 unspecified atom stereocenters. The molecule has 0 aliphatic heterocycles. The predicted octanol–water partition coefficient (Wildman–Crippen LogP) is 2.80. The molecule has 0 aromatic heterocycles. The molecular formula is C13H18O2. The van der Waals surface area contributed by atoms with E-state index in [2.05, 4.69) is 37.3 Å². The van der Waals surface area contributed by atoms with Gasteiger partial charge in [0.25, 0.3) is 0 Å². The van der Waals surface area contributed by atoms with Crippen LogP contribution in [0, 0.1) is 0 Å². The topological polar surface area (TPSA) is 34.1 Å². The normalized spacial score (nSPS) is 8.73. The van der Waals surface area contributed by atoms with Gasteiger partial charge in [0.15, 0.2) is 11.6 Å². The standard InChI is InChI=1S/C9H12.C4H6O2/c1-2-6-9-7-4-3-5-8-9;1-3(5)4(2)6/h3-5,7-8H,2,6H2,1H3;1-2H3. The molecule has 0 fully saturated rings. The van der Waals surface area contributed by atoms with E-state index in [1.807, 2.05) is 0 Å². The second-order valence-corrected chi connectivity index (χ2v) is 3.35. The molecule has 0 heterocycles. The van der Waals surface area contributed by atoms with Gasteiger partial charge in [-0.3, -0.25) is 9.59 Å². The van der Waals surface area contributed by atoms with E-state index in [-0.39, 0.29) is 11.6 Å². The minimum Gasteiger partial charge on any atom is -0.291 e. The van der Waals surface area contributed by atoms with Gasteiger partial charge in [0.05, 0.1) is 0 Å². The molecule has 2 nitrogen and oxygen atoms in total. The molecule has 0 spiro atoms. The van der Waals surface area contributed by atoms with Crippen molar-refractivity contribution in [2.45, 2.75) is 33.6 Å². The van der Waals surface area contributed by atoms with Crippen LogP contribution in [-0.4, -0.2) is 11.6 Å². The van der Waals surface area contributed by atoms with Crippen LogP contribution in [0.1, 0.15) is 32.8 Å². The van der Waals surface area contributed by atoms with Gasteiger partial charge in [0.2, 0.25) is 0 Å². The summed E-state index contributed by atoms with van der Waals surface area (Å²) in [4.78, 5) is 19.6. The largest absolute Gasteiger partial charge is 0.291 e. The Kier molecular flexibility index (Phi) is 7.16. The highest BCUT2D eigenvalue weighted by atomic mass is 16.2. The summed E-state index contributed by atoms with van der Waals surface area (Å²) >= 11 is 0. The van der Waals surface area contributed by atoms with E-state index >= 15 is 0 Å². The molecule has 2 heteroatoms. The van der Waals surface area contributed by atoms with E-state index < -0.39 is 0 Å². The number of Topliss-reactive ketones (excluding diaryl/α,β-unsaturated/α-hetero) is 2. The highest BCUT2D eigenvalue weighted by molar-refractivity contribution is 6.35. The van der Waals surface area contributed by atoms with Gasteiger partial charge in [-0.1, -0.05) is 43.7 Å². The number of rotatable bonds is 3. The maximum absolute atomic E-state index is 9.79. The molecule has 82 valence electrons. The molecule has 0 atom stereocenters. The fraction of sp³-hybridized carbons (Fsp3) is 0.385. The molecule has 0 saturated carbocycles. The van der Waals surface area contributed by atoms with Gasteiger partial charge in [-0.2, -0.15) is 0 Å². The van der Waals surface area contributed by atoms with E-state index in [0.717, 1.165) is 0 Å². The number of aryl methyl sites for hydroxylation is 1. The number of carbonyl (C=O) groups excluding carboxylic acids is 2. The summed E-state index contributed by atoms with van der Waals surface area (Å²) in [7, 11) is 0. The van der Waals surface area contributed by atoms with Crippen LogP contribution in [0.15, 0.2) is 30.3 Å².